The summed E-state index contributed by atoms with van der Waals surface area (Å²) < 4.78 is 43.5. The Kier molecular flexibility index (Phi) is 4.79. The topological polar surface area (TPSA) is 67.6 Å². The molecule has 0 fully saturated rings. The van der Waals surface area contributed by atoms with Gasteiger partial charge in [0.25, 0.3) is 10.0 Å². The van der Waals surface area contributed by atoms with Gasteiger partial charge in [0, 0.05) is 6.20 Å². The Labute approximate surface area is 168 Å². The summed E-state index contributed by atoms with van der Waals surface area (Å²) >= 11 is 0. The Bertz CT molecular complexity index is 1280. The summed E-state index contributed by atoms with van der Waals surface area (Å²) in [6, 6.07) is 16.2. The number of nitrogens with zero attached hydrogens (tertiary/aromatic N) is 4. The van der Waals surface area contributed by atoms with E-state index in [0.29, 0.717) is 22.7 Å². The van der Waals surface area contributed by atoms with Crippen LogP contribution in [0.25, 0.3) is 5.65 Å². The molecule has 6 nitrogen and oxygen atoms in total. The number of aryl methyl sites for hydroxylation is 2. The molecule has 2 aromatic carbocycles. The van der Waals surface area contributed by atoms with Crippen LogP contribution in [-0.2, 0) is 16.6 Å². The van der Waals surface area contributed by atoms with Crippen LogP contribution in [0.2, 0.25) is 0 Å². The second-order valence-corrected chi connectivity index (χ2v) is 8.68. The monoisotopic (exact) mass is 410 g/mol. The lowest BCUT2D eigenvalue weighted by molar-refractivity contribution is 0.589. The standard InChI is InChI=1S/C21H19FN4O2S/c1-15-4-3-5-19(12-15)26(13-17-6-8-18(22)9-7-17)29(27,28)20-10-11-21-24-23-16(2)25(21)14-20/h3-12,14H,13H2,1-2H3. The van der Waals surface area contributed by atoms with Gasteiger partial charge in [-0.1, -0.05) is 24.3 Å². The number of fused-ring (bicyclic) bond motifs is 1. The number of anilines is 1. The molecule has 0 aliphatic heterocycles. The highest BCUT2D eigenvalue weighted by Crippen LogP contribution is 2.27. The molecule has 148 valence electrons. The fourth-order valence-electron chi connectivity index (χ4n) is 3.12. The maximum absolute atomic E-state index is 13.6. The van der Waals surface area contributed by atoms with Crippen LogP contribution in [0.1, 0.15) is 17.0 Å². The van der Waals surface area contributed by atoms with Crippen molar-refractivity contribution < 1.29 is 12.8 Å². The van der Waals surface area contributed by atoms with E-state index < -0.39 is 10.0 Å². The minimum Gasteiger partial charge on any atom is -0.285 e. The van der Waals surface area contributed by atoms with Crippen LogP contribution in [0.15, 0.2) is 71.8 Å². The molecule has 2 aromatic heterocycles. The lowest BCUT2D eigenvalue weighted by Gasteiger charge is -2.25. The van der Waals surface area contributed by atoms with Crippen molar-refractivity contribution in [3.8, 4) is 0 Å². The van der Waals surface area contributed by atoms with E-state index in [1.165, 1.54) is 28.7 Å². The van der Waals surface area contributed by atoms with Gasteiger partial charge in [0.05, 0.1) is 12.2 Å². The largest absolute Gasteiger partial charge is 0.285 e. The van der Waals surface area contributed by atoms with Crippen molar-refractivity contribution in [2.75, 3.05) is 4.31 Å². The third kappa shape index (κ3) is 3.71. The van der Waals surface area contributed by atoms with Crippen LogP contribution in [0.5, 0.6) is 0 Å². The Balaban J connectivity index is 1.83. The van der Waals surface area contributed by atoms with Crippen LogP contribution in [0.3, 0.4) is 0 Å². The average molecular weight is 410 g/mol. The Morgan fingerprint density at radius 2 is 1.76 bits per heavy atom. The Morgan fingerprint density at radius 1 is 1.00 bits per heavy atom. The van der Waals surface area contributed by atoms with Crippen molar-refractivity contribution in [3.63, 3.8) is 0 Å². The number of benzene rings is 2. The molecule has 2 heterocycles. The molecular weight excluding hydrogens is 391 g/mol. The molecule has 0 saturated heterocycles. The first-order valence-corrected chi connectivity index (χ1v) is 10.4. The predicted octanol–water partition coefficient (Wildman–Crippen LogP) is 3.88. The summed E-state index contributed by atoms with van der Waals surface area (Å²) in [5, 5.41) is 7.98. The van der Waals surface area contributed by atoms with Gasteiger partial charge >= 0.3 is 0 Å². The molecule has 4 aromatic rings. The van der Waals surface area contributed by atoms with Crippen LogP contribution < -0.4 is 4.31 Å². The van der Waals surface area contributed by atoms with Gasteiger partial charge in [-0.2, -0.15) is 0 Å². The molecule has 0 aliphatic rings. The highest BCUT2D eigenvalue weighted by atomic mass is 32.2. The van der Waals surface area contributed by atoms with Crippen LogP contribution >= 0.6 is 0 Å². The van der Waals surface area contributed by atoms with Crippen molar-refractivity contribution >= 4 is 21.4 Å². The first-order chi connectivity index (χ1) is 13.8. The minimum absolute atomic E-state index is 0.0747. The zero-order chi connectivity index (χ0) is 20.6. The van der Waals surface area contributed by atoms with E-state index in [9.17, 15) is 12.8 Å². The van der Waals surface area contributed by atoms with Crippen LogP contribution in [0, 0.1) is 19.7 Å². The van der Waals surface area contributed by atoms with E-state index in [-0.39, 0.29) is 17.3 Å². The Morgan fingerprint density at radius 3 is 2.48 bits per heavy atom. The fourth-order valence-corrected chi connectivity index (χ4v) is 4.56. The van der Waals surface area contributed by atoms with Gasteiger partial charge in [0.15, 0.2) is 5.65 Å². The average Bonchev–Trinajstić information content (AvgIpc) is 3.08. The van der Waals surface area contributed by atoms with Crippen LogP contribution in [0.4, 0.5) is 10.1 Å². The predicted molar refractivity (Wildman–Crippen MR) is 109 cm³/mol. The second kappa shape index (κ2) is 7.29. The summed E-state index contributed by atoms with van der Waals surface area (Å²) in [6.07, 6.45) is 1.52. The molecule has 0 atom stereocenters. The molecule has 0 N–H and O–H groups in total. The molecule has 0 spiro atoms. The van der Waals surface area contributed by atoms with Gasteiger partial charge in [-0.3, -0.25) is 8.71 Å². The molecule has 4 rings (SSSR count). The van der Waals surface area contributed by atoms with Gasteiger partial charge in [-0.15, -0.1) is 10.2 Å². The zero-order valence-corrected chi connectivity index (χ0v) is 16.8. The molecule has 0 unspecified atom stereocenters. The lowest BCUT2D eigenvalue weighted by Crippen LogP contribution is -2.30. The maximum atomic E-state index is 13.6. The highest BCUT2D eigenvalue weighted by molar-refractivity contribution is 7.92. The molecule has 0 saturated carbocycles. The Hall–Kier alpha value is -3.26. The van der Waals surface area contributed by atoms with Gasteiger partial charge in [-0.25, -0.2) is 12.8 Å². The fraction of sp³-hybridized carbons (Fsp3) is 0.143. The van der Waals surface area contributed by atoms with Gasteiger partial charge in [0.2, 0.25) is 0 Å². The van der Waals surface area contributed by atoms with E-state index >= 15 is 0 Å². The first kappa shape index (κ1) is 19.1. The number of halogens is 1. The summed E-state index contributed by atoms with van der Waals surface area (Å²) in [5.74, 6) is 0.227. The number of hydrogen-bond donors (Lipinski definition) is 0. The third-order valence-corrected chi connectivity index (χ3v) is 6.42. The lowest BCUT2D eigenvalue weighted by atomic mass is 10.2. The van der Waals surface area contributed by atoms with Crippen molar-refractivity contribution in [1.29, 1.82) is 0 Å². The number of rotatable bonds is 5. The summed E-state index contributed by atoms with van der Waals surface area (Å²) in [6.45, 7) is 3.73. The quantitative estimate of drug-likeness (QED) is 0.501. The van der Waals surface area contributed by atoms with E-state index in [2.05, 4.69) is 10.2 Å². The van der Waals surface area contributed by atoms with Gasteiger partial charge in [-0.05, 0) is 61.4 Å². The summed E-state index contributed by atoms with van der Waals surface area (Å²) in [7, 11) is -3.90. The van der Waals surface area contributed by atoms with E-state index in [4.69, 9.17) is 0 Å². The molecule has 0 amide bonds. The van der Waals surface area contributed by atoms with Crippen molar-refractivity contribution in [3.05, 3.63) is 89.6 Å². The second-order valence-electron chi connectivity index (χ2n) is 6.82. The smallest absolute Gasteiger partial charge is 0.266 e. The minimum atomic E-state index is -3.90. The van der Waals surface area contributed by atoms with Crippen molar-refractivity contribution in [1.82, 2.24) is 14.6 Å². The normalized spacial score (nSPS) is 11.7. The SMILES string of the molecule is Cc1cccc(N(Cc2ccc(F)cc2)S(=O)(=O)c2ccc3nnc(C)n3c2)c1. The number of aromatic nitrogens is 3. The summed E-state index contributed by atoms with van der Waals surface area (Å²) in [5.41, 5.74) is 2.72. The van der Waals surface area contributed by atoms with Crippen LogP contribution in [-0.4, -0.2) is 23.0 Å². The van der Waals surface area contributed by atoms with Gasteiger partial charge < -0.3 is 0 Å². The maximum Gasteiger partial charge on any atom is 0.266 e. The third-order valence-electron chi connectivity index (χ3n) is 4.66. The van der Waals surface area contributed by atoms with Gasteiger partial charge in [0.1, 0.15) is 16.5 Å². The number of sulfonamides is 1. The molecule has 8 heteroatoms. The number of hydrogen-bond acceptors (Lipinski definition) is 4. The van der Waals surface area contributed by atoms with E-state index in [0.717, 1.165) is 5.56 Å². The molecule has 29 heavy (non-hydrogen) atoms. The summed E-state index contributed by atoms with van der Waals surface area (Å²) in [4.78, 5) is 0.122. The first-order valence-electron chi connectivity index (χ1n) is 9.00. The van der Waals surface area contributed by atoms with Crippen molar-refractivity contribution in [2.45, 2.75) is 25.3 Å². The zero-order valence-electron chi connectivity index (χ0n) is 15.9. The van der Waals surface area contributed by atoms with E-state index in [1.807, 2.05) is 25.1 Å². The van der Waals surface area contributed by atoms with Crippen molar-refractivity contribution in [2.24, 2.45) is 0 Å². The highest BCUT2D eigenvalue weighted by Gasteiger charge is 2.26. The molecule has 0 aliphatic carbocycles. The molecule has 0 radical (unpaired) electrons. The molecule has 0 bridgehead atoms. The number of pyridine rings is 1. The molecular formula is C21H19FN4O2S. The van der Waals surface area contributed by atoms with E-state index in [1.54, 1.807) is 35.6 Å².